The van der Waals surface area contributed by atoms with Crippen LogP contribution in [0.4, 0.5) is 0 Å². The van der Waals surface area contributed by atoms with E-state index in [0.29, 0.717) is 18.4 Å². The molecule has 59 heavy (non-hydrogen) atoms. The van der Waals surface area contributed by atoms with Gasteiger partial charge in [-0.15, -0.1) is 0 Å². The zero-order chi connectivity index (χ0) is 41.5. The quantitative estimate of drug-likeness (QED) is 0.115. The lowest BCUT2D eigenvalue weighted by Crippen LogP contribution is -2.38. The summed E-state index contributed by atoms with van der Waals surface area (Å²) >= 11 is 0. The first-order chi connectivity index (χ1) is 28.8. The summed E-state index contributed by atoms with van der Waals surface area (Å²) in [6.07, 6.45) is 7.23. The molecule has 0 saturated carbocycles. The van der Waals surface area contributed by atoms with Crippen molar-refractivity contribution in [2.45, 2.75) is 89.8 Å². The number of benzene rings is 1. The summed E-state index contributed by atoms with van der Waals surface area (Å²) in [7, 11) is 0. The van der Waals surface area contributed by atoms with Crippen LogP contribution in [0, 0.1) is 6.92 Å². The Kier molecular flexibility index (Phi) is 21.5. The Bertz CT molecular complexity index is 1580. The summed E-state index contributed by atoms with van der Waals surface area (Å²) in [6, 6.07) is 8.93. The molecule has 0 amide bonds. The molecule has 0 spiro atoms. The zero-order valence-corrected chi connectivity index (χ0v) is 35.8. The monoisotopic (exact) mass is 826 g/mol. The minimum absolute atomic E-state index is 0.0364. The average Bonchev–Trinajstić information content (AvgIpc) is 3.60. The summed E-state index contributed by atoms with van der Waals surface area (Å²) in [5.74, 6) is -0.270. The molecule has 0 bridgehead atoms. The Morgan fingerprint density at radius 2 is 1.25 bits per heavy atom. The van der Waals surface area contributed by atoms with Gasteiger partial charge in [0.1, 0.15) is 18.9 Å². The Labute approximate surface area is 351 Å². The van der Waals surface area contributed by atoms with Gasteiger partial charge in [-0.25, -0.2) is 4.79 Å². The number of hydrogen-bond donors (Lipinski definition) is 7. The normalized spacial score (nSPS) is 23.9. The summed E-state index contributed by atoms with van der Waals surface area (Å²) in [6.45, 7) is 21.0. The van der Waals surface area contributed by atoms with E-state index >= 15 is 0 Å². The number of carbonyl (C=O) groups excluding carboxylic acids is 1. The molecule has 332 valence electrons. The van der Waals surface area contributed by atoms with Gasteiger partial charge < -0.3 is 46.7 Å². The topological polar surface area (TPSA) is 186 Å². The predicted molar refractivity (Wildman–Crippen MR) is 234 cm³/mol. The van der Waals surface area contributed by atoms with Gasteiger partial charge in [-0.05, 0) is 115 Å². The van der Waals surface area contributed by atoms with Crippen LogP contribution in [0.5, 0.6) is 0 Å². The highest BCUT2D eigenvalue weighted by Gasteiger charge is 2.35. The van der Waals surface area contributed by atoms with E-state index in [1.807, 2.05) is 0 Å². The average molecular weight is 826 g/mol. The van der Waals surface area contributed by atoms with Crippen LogP contribution in [0.2, 0.25) is 0 Å². The van der Waals surface area contributed by atoms with Crippen molar-refractivity contribution in [3.8, 4) is 0 Å². The van der Waals surface area contributed by atoms with E-state index in [9.17, 15) is 14.4 Å². The van der Waals surface area contributed by atoms with Crippen molar-refractivity contribution in [1.82, 2.24) is 50.8 Å². The number of carbonyl (C=O) groups is 1. The molecule has 3 atom stereocenters. The smallest absolute Gasteiger partial charge is 0.330 e. The van der Waals surface area contributed by atoms with E-state index in [1.54, 1.807) is 6.92 Å². The Balaban J connectivity index is 1.02. The maximum Gasteiger partial charge on any atom is 0.330 e. The summed E-state index contributed by atoms with van der Waals surface area (Å²) < 4.78 is 12.9. The van der Waals surface area contributed by atoms with E-state index in [1.165, 1.54) is 21.9 Å². The second-order valence-corrected chi connectivity index (χ2v) is 16.5. The van der Waals surface area contributed by atoms with Crippen LogP contribution in [0.3, 0.4) is 0 Å². The summed E-state index contributed by atoms with van der Waals surface area (Å²) in [4.78, 5) is 46.8. The number of ether oxygens (including phenoxy) is 2. The number of H-pyrrole nitrogens is 1. The first kappa shape index (κ1) is 47.0. The van der Waals surface area contributed by atoms with E-state index in [4.69, 9.17) is 15.2 Å². The van der Waals surface area contributed by atoms with Crippen LogP contribution in [0.1, 0.15) is 74.3 Å². The fourth-order valence-corrected chi connectivity index (χ4v) is 8.01. The molecule has 1 aromatic heterocycles. The summed E-state index contributed by atoms with van der Waals surface area (Å²) in [5, 5.41) is 18.0. The van der Waals surface area contributed by atoms with Gasteiger partial charge >= 0.3 is 11.7 Å². The van der Waals surface area contributed by atoms with Crippen molar-refractivity contribution in [1.29, 1.82) is 0 Å². The number of nitrogens with one attached hydrogen (secondary N) is 6. The molecule has 3 fully saturated rings. The lowest BCUT2D eigenvalue weighted by molar-refractivity contribution is -0.148. The van der Waals surface area contributed by atoms with E-state index in [0.717, 1.165) is 163 Å². The number of aromatic amines is 1. The second kappa shape index (κ2) is 27.0. The maximum atomic E-state index is 12.7. The fraction of sp³-hybridized carbons (Fsp3) is 0.744. The van der Waals surface area contributed by atoms with Crippen LogP contribution in [-0.2, 0) is 27.4 Å². The number of rotatable bonds is 12. The molecule has 3 aliphatic rings. The van der Waals surface area contributed by atoms with Crippen LogP contribution in [-0.4, -0.2) is 160 Å². The molecule has 16 heteroatoms. The molecule has 5 rings (SSSR count). The number of nitrogens with two attached hydrogens (primary N) is 1. The number of esters is 1. The molecular weight excluding hydrogens is 751 g/mol. The Morgan fingerprint density at radius 3 is 1.88 bits per heavy atom. The maximum absolute atomic E-state index is 12.7. The number of unbranched alkanes of at least 4 members (excludes halogenated alkanes) is 1. The second-order valence-electron chi connectivity index (χ2n) is 16.5. The lowest BCUT2D eigenvalue weighted by atomic mass is 10.1. The van der Waals surface area contributed by atoms with Gasteiger partial charge in [-0.3, -0.25) is 28.9 Å². The molecule has 4 heterocycles. The van der Waals surface area contributed by atoms with Crippen LogP contribution < -0.4 is 43.6 Å². The van der Waals surface area contributed by atoms with E-state index in [-0.39, 0.29) is 12.6 Å². The summed E-state index contributed by atoms with van der Waals surface area (Å²) in [5.41, 5.74) is 8.46. The zero-order valence-electron chi connectivity index (χ0n) is 35.8. The van der Waals surface area contributed by atoms with Crippen molar-refractivity contribution in [2.75, 3.05) is 118 Å². The first-order valence-corrected chi connectivity index (χ1v) is 22.5. The van der Waals surface area contributed by atoms with E-state index < -0.39 is 29.6 Å². The molecule has 8 N–H and O–H groups in total. The molecule has 3 saturated heterocycles. The highest BCUT2D eigenvalue weighted by atomic mass is 16.6. The Morgan fingerprint density at radius 1 is 0.712 bits per heavy atom. The minimum Gasteiger partial charge on any atom is -0.463 e. The van der Waals surface area contributed by atoms with Crippen molar-refractivity contribution in [2.24, 2.45) is 5.73 Å². The van der Waals surface area contributed by atoms with Gasteiger partial charge in [0, 0.05) is 96.1 Å². The molecular formula is C43H75N11O5. The van der Waals surface area contributed by atoms with Crippen molar-refractivity contribution in [3.05, 3.63) is 68.0 Å². The number of aryl methyl sites for hydroxylation is 1. The SMILES string of the molecule is Cc1cn([C@H]2C[C@H](N)[C@@H](COC(=O)CCCCN3CCCN(Cc4ccc(CN5CCCNCCNCCCNCC5)cc4)CCNCCCNCC3)O2)c(=O)[nH]c1=O. The Hall–Kier alpha value is -3.03. The van der Waals surface area contributed by atoms with Gasteiger partial charge in [0.15, 0.2) is 0 Å². The largest absolute Gasteiger partial charge is 0.463 e. The minimum atomic E-state index is -0.618. The van der Waals surface area contributed by atoms with E-state index in [2.05, 4.69) is 70.5 Å². The number of nitrogens with zero attached hydrogens (tertiary/aromatic N) is 4. The highest BCUT2D eigenvalue weighted by Crippen LogP contribution is 2.26. The fourth-order valence-electron chi connectivity index (χ4n) is 8.01. The van der Waals surface area contributed by atoms with Crippen LogP contribution in [0.25, 0.3) is 0 Å². The van der Waals surface area contributed by atoms with Gasteiger partial charge in [-0.2, -0.15) is 0 Å². The first-order valence-electron chi connectivity index (χ1n) is 22.5. The molecule has 1 aromatic carbocycles. The predicted octanol–water partition coefficient (Wildman–Crippen LogP) is 0.315. The third kappa shape index (κ3) is 17.8. The van der Waals surface area contributed by atoms with Crippen molar-refractivity contribution < 1.29 is 14.3 Å². The highest BCUT2D eigenvalue weighted by molar-refractivity contribution is 5.69. The molecule has 0 radical (unpaired) electrons. The van der Waals surface area contributed by atoms with Gasteiger partial charge in [-0.1, -0.05) is 24.3 Å². The number of hydrogen-bond acceptors (Lipinski definition) is 14. The molecule has 0 aliphatic carbocycles. The molecule has 0 unspecified atom stereocenters. The number of aromatic nitrogens is 2. The third-order valence-corrected chi connectivity index (χ3v) is 11.6. The van der Waals surface area contributed by atoms with Gasteiger partial charge in [0.2, 0.25) is 0 Å². The molecule has 16 nitrogen and oxygen atoms in total. The van der Waals surface area contributed by atoms with Crippen LogP contribution >= 0.6 is 0 Å². The lowest BCUT2D eigenvalue weighted by Gasteiger charge is -2.27. The standard InChI is InChI=1S/C43H75N11O5/c1-35-31-54(43(57)50-42(35)56)40-30-38(44)39(59-40)34-58-41(55)8-2-3-23-51-25-7-26-53(29-22-49-16-5-15-47-20-27-51)33-37-11-9-36(10-12-37)32-52-24-6-17-46-19-18-45-13-4-14-48-21-28-52/h9-12,31,38-40,45-49H,2-8,13-30,32-34,44H2,1H3,(H,50,56,57)/t38-,39+,40+/m0/s1. The van der Waals surface area contributed by atoms with Crippen molar-refractivity contribution in [3.63, 3.8) is 0 Å². The van der Waals surface area contributed by atoms with Gasteiger partial charge in [0.25, 0.3) is 5.56 Å². The van der Waals surface area contributed by atoms with Gasteiger partial charge in [0.05, 0.1) is 0 Å². The molecule has 3 aliphatic heterocycles. The van der Waals surface area contributed by atoms with Crippen LogP contribution in [0.15, 0.2) is 40.1 Å². The molecule has 2 aromatic rings. The van der Waals surface area contributed by atoms with Crippen molar-refractivity contribution >= 4 is 5.97 Å². The third-order valence-electron chi connectivity index (χ3n) is 11.6.